The Morgan fingerprint density at radius 3 is 2.50 bits per heavy atom. The first-order valence-electron chi connectivity index (χ1n) is 6.35. The van der Waals surface area contributed by atoms with Crippen molar-refractivity contribution in [1.82, 2.24) is 0 Å². The van der Waals surface area contributed by atoms with Gasteiger partial charge in [-0.05, 0) is 47.9 Å². The predicted octanol–water partition coefficient (Wildman–Crippen LogP) is 4.79. The summed E-state index contributed by atoms with van der Waals surface area (Å²) in [5.74, 6) is -0.791. The molecule has 0 aliphatic carbocycles. The molecule has 0 atom stereocenters. The van der Waals surface area contributed by atoms with Crippen LogP contribution in [-0.4, -0.2) is 11.1 Å². The van der Waals surface area contributed by atoms with E-state index in [9.17, 15) is 4.79 Å². The number of carboxylic acids is 1. The topological polar surface area (TPSA) is 37.3 Å². The van der Waals surface area contributed by atoms with Gasteiger partial charge in [0.2, 0.25) is 0 Å². The Labute approximate surface area is 131 Å². The van der Waals surface area contributed by atoms with Gasteiger partial charge in [0.25, 0.3) is 0 Å². The molecule has 0 amide bonds. The average Bonchev–Trinajstić information content (AvgIpc) is 2.42. The molecule has 0 aliphatic heterocycles. The van der Waals surface area contributed by atoms with Crippen molar-refractivity contribution in [2.24, 2.45) is 0 Å². The van der Waals surface area contributed by atoms with Gasteiger partial charge in [0, 0.05) is 14.3 Å². The van der Waals surface area contributed by atoms with Crippen molar-refractivity contribution in [3.05, 3.63) is 58.1 Å². The molecule has 0 unspecified atom stereocenters. The lowest BCUT2D eigenvalue weighted by Crippen LogP contribution is -2.01. The Bertz CT molecular complexity index is 608. The highest BCUT2D eigenvalue weighted by atomic mass is 79.9. The standard InChI is InChI=1S/C16H15BrO2S/c1-2-12-9-11(10-16(18)19)3-8-15(12)20-14-6-4-13(17)5-7-14/h3-9H,2,10H2,1H3,(H,18,19). The lowest BCUT2D eigenvalue weighted by Gasteiger charge is -2.09. The zero-order chi connectivity index (χ0) is 14.5. The molecule has 0 saturated heterocycles. The van der Waals surface area contributed by atoms with E-state index in [1.807, 2.05) is 30.3 Å². The summed E-state index contributed by atoms with van der Waals surface area (Å²) in [5, 5.41) is 8.85. The van der Waals surface area contributed by atoms with Crippen LogP contribution in [0.3, 0.4) is 0 Å². The maximum Gasteiger partial charge on any atom is 0.307 e. The fourth-order valence-electron chi connectivity index (χ4n) is 1.92. The second-order valence-corrected chi connectivity index (χ2v) is 6.45. The highest BCUT2D eigenvalue weighted by Gasteiger charge is 2.07. The minimum Gasteiger partial charge on any atom is -0.481 e. The Hall–Kier alpha value is -1.26. The van der Waals surface area contributed by atoms with Crippen LogP contribution in [0.5, 0.6) is 0 Å². The monoisotopic (exact) mass is 350 g/mol. The number of hydrogen-bond donors (Lipinski definition) is 1. The molecule has 2 rings (SSSR count). The quantitative estimate of drug-likeness (QED) is 0.842. The molecule has 0 bridgehead atoms. The molecular weight excluding hydrogens is 336 g/mol. The Morgan fingerprint density at radius 1 is 1.20 bits per heavy atom. The number of hydrogen-bond acceptors (Lipinski definition) is 2. The lowest BCUT2D eigenvalue weighted by molar-refractivity contribution is -0.136. The van der Waals surface area contributed by atoms with Crippen LogP contribution in [0.2, 0.25) is 0 Å². The van der Waals surface area contributed by atoms with Crippen molar-refractivity contribution < 1.29 is 9.90 Å². The van der Waals surface area contributed by atoms with Crippen LogP contribution in [0.4, 0.5) is 0 Å². The van der Waals surface area contributed by atoms with Crippen molar-refractivity contribution in [1.29, 1.82) is 0 Å². The summed E-state index contributed by atoms with van der Waals surface area (Å²) in [5.41, 5.74) is 2.05. The van der Waals surface area contributed by atoms with Crippen molar-refractivity contribution in [3.8, 4) is 0 Å². The maximum atomic E-state index is 10.8. The smallest absolute Gasteiger partial charge is 0.307 e. The third-order valence-electron chi connectivity index (χ3n) is 2.90. The zero-order valence-electron chi connectivity index (χ0n) is 11.1. The molecular formula is C16H15BrO2S. The molecule has 104 valence electrons. The van der Waals surface area contributed by atoms with Gasteiger partial charge in [0.1, 0.15) is 0 Å². The number of aryl methyl sites for hydroxylation is 1. The van der Waals surface area contributed by atoms with Crippen LogP contribution >= 0.6 is 27.7 Å². The molecule has 2 nitrogen and oxygen atoms in total. The minimum atomic E-state index is -0.791. The molecule has 0 heterocycles. The van der Waals surface area contributed by atoms with E-state index in [1.54, 1.807) is 11.8 Å². The average molecular weight is 351 g/mol. The molecule has 20 heavy (non-hydrogen) atoms. The van der Waals surface area contributed by atoms with Crippen LogP contribution in [0, 0.1) is 0 Å². The summed E-state index contributed by atoms with van der Waals surface area (Å²) in [6.07, 6.45) is 0.975. The summed E-state index contributed by atoms with van der Waals surface area (Å²) in [7, 11) is 0. The molecule has 2 aromatic carbocycles. The van der Waals surface area contributed by atoms with E-state index in [-0.39, 0.29) is 6.42 Å². The minimum absolute atomic E-state index is 0.0796. The van der Waals surface area contributed by atoms with Crippen molar-refractivity contribution in [3.63, 3.8) is 0 Å². The van der Waals surface area contributed by atoms with E-state index in [1.165, 1.54) is 15.4 Å². The first-order valence-corrected chi connectivity index (χ1v) is 7.96. The summed E-state index contributed by atoms with van der Waals surface area (Å²) in [4.78, 5) is 13.1. The molecule has 0 spiro atoms. The number of rotatable bonds is 5. The SMILES string of the molecule is CCc1cc(CC(=O)O)ccc1Sc1ccc(Br)cc1. The summed E-state index contributed by atoms with van der Waals surface area (Å²) < 4.78 is 1.06. The molecule has 0 aromatic heterocycles. The van der Waals surface area contributed by atoms with Crippen LogP contribution in [0.1, 0.15) is 18.1 Å². The molecule has 2 aromatic rings. The number of carboxylic acid groups (broad SMARTS) is 1. The maximum absolute atomic E-state index is 10.8. The van der Waals surface area contributed by atoms with Crippen LogP contribution in [-0.2, 0) is 17.6 Å². The lowest BCUT2D eigenvalue weighted by atomic mass is 10.1. The van der Waals surface area contributed by atoms with Gasteiger partial charge in [-0.1, -0.05) is 46.7 Å². The third-order valence-corrected chi connectivity index (χ3v) is 4.56. The second kappa shape index (κ2) is 6.95. The normalized spacial score (nSPS) is 10.5. The van der Waals surface area contributed by atoms with E-state index in [0.29, 0.717) is 0 Å². The van der Waals surface area contributed by atoms with E-state index in [0.717, 1.165) is 16.5 Å². The van der Waals surface area contributed by atoms with Gasteiger partial charge in [0.15, 0.2) is 0 Å². The molecule has 0 fully saturated rings. The van der Waals surface area contributed by atoms with Gasteiger partial charge in [-0.25, -0.2) is 0 Å². The number of carbonyl (C=O) groups is 1. The molecule has 0 aliphatic rings. The number of halogens is 1. The van der Waals surface area contributed by atoms with E-state index in [4.69, 9.17) is 5.11 Å². The van der Waals surface area contributed by atoms with E-state index >= 15 is 0 Å². The largest absolute Gasteiger partial charge is 0.481 e. The van der Waals surface area contributed by atoms with Gasteiger partial charge >= 0.3 is 5.97 Å². The third kappa shape index (κ3) is 4.12. The van der Waals surface area contributed by atoms with Crippen molar-refractivity contribution >= 4 is 33.7 Å². The summed E-state index contributed by atoms with van der Waals surface area (Å²) in [6, 6.07) is 14.1. The van der Waals surface area contributed by atoms with Gasteiger partial charge < -0.3 is 5.11 Å². The predicted molar refractivity (Wildman–Crippen MR) is 85.4 cm³/mol. The Kier molecular flexibility index (Phi) is 5.26. The van der Waals surface area contributed by atoms with Crippen molar-refractivity contribution in [2.45, 2.75) is 29.6 Å². The van der Waals surface area contributed by atoms with Gasteiger partial charge in [0.05, 0.1) is 6.42 Å². The zero-order valence-corrected chi connectivity index (χ0v) is 13.5. The summed E-state index contributed by atoms with van der Waals surface area (Å²) >= 11 is 5.13. The van der Waals surface area contributed by atoms with Gasteiger partial charge in [-0.2, -0.15) is 0 Å². The Balaban J connectivity index is 2.23. The molecule has 0 saturated carbocycles. The van der Waals surface area contributed by atoms with Gasteiger partial charge in [-0.3, -0.25) is 4.79 Å². The first-order chi connectivity index (χ1) is 9.58. The Morgan fingerprint density at radius 2 is 1.90 bits per heavy atom. The highest BCUT2D eigenvalue weighted by Crippen LogP contribution is 2.32. The van der Waals surface area contributed by atoms with Crippen LogP contribution in [0.15, 0.2) is 56.7 Å². The van der Waals surface area contributed by atoms with Gasteiger partial charge in [-0.15, -0.1) is 0 Å². The number of benzene rings is 2. The number of aliphatic carboxylic acids is 1. The molecule has 4 heteroatoms. The fraction of sp³-hybridized carbons (Fsp3) is 0.188. The fourth-order valence-corrected chi connectivity index (χ4v) is 3.18. The second-order valence-electron chi connectivity index (χ2n) is 4.42. The first kappa shape index (κ1) is 15.1. The molecule has 1 N–H and O–H groups in total. The molecule has 0 radical (unpaired) electrons. The van der Waals surface area contributed by atoms with E-state index < -0.39 is 5.97 Å². The van der Waals surface area contributed by atoms with E-state index in [2.05, 4.69) is 35.0 Å². The van der Waals surface area contributed by atoms with Crippen LogP contribution in [0.25, 0.3) is 0 Å². The van der Waals surface area contributed by atoms with Crippen molar-refractivity contribution in [2.75, 3.05) is 0 Å². The van der Waals surface area contributed by atoms with Crippen LogP contribution < -0.4 is 0 Å². The summed E-state index contributed by atoms with van der Waals surface area (Å²) in [6.45, 7) is 2.09. The highest BCUT2D eigenvalue weighted by molar-refractivity contribution is 9.10.